The second-order valence-corrected chi connectivity index (χ2v) is 7.47. The molecule has 0 bridgehead atoms. The zero-order valence-corrected chi connectivity index (χ0v) is 13.8. The second-order valence-electron chi connectivity index (χ2n) is 4.73. The van der Waals surface area contributed by atoms with Crippen molar-refractivity contribution in [3.63, 3.8) is 0 Å². The Labute approximate surface area is 131 Å². The van der Waals surface area contributed by atoms with Crippen molar-refractivity contribution in [2.75, 3.05) is 13.7 Å². The molecule has 1 fully saturated rings. The Morgan fingerprint density at radius 2 is 2.14 bits per heavy atom. The fraction of sp³-hybridized carbons (Fsp3) is 0.462. The third kappa shape index (κ3) is 3.27. The number of piperidine rings is 1. The molecule has 0 aromatic heterocycles. The Balaban J connectivity index is 2.40. The fourth-order valence-corrected chi connectivity index (χ4v) is 4.24. The summed E-state index contributed by atoms with van der Waals surface area (Å²) in [7, 11) is -2.71. The number of methoxy groups -OCH3 is 1. The van der Waals surface area contributed by atoms with Crippen molar-refractivity contribution in [1.82, 2.24) is 4.31 Å². The monoisotopic (exact) mass is 379 g/mol. The van der Waals surface area contributed by atoms with Gasteiger partial charge in [-0.1, -0.05) is 0 Å². The summed E-state index contributed by atoms with van der Waals surface area (Å²) in [6, 6.07) is 2.74. The molecule has 1 aliphatic heterocycles. The lowest BCUT2D eigenvalue weighted by Gasteiger charge is -2.32. The van der Waals surface area contributed by atoms with Crippen LogP contribution in [0.3, 0.4) is 0 Å². The highest BCUT2D eigenvalue weighted by atomic mass is 79.9. The predicted molar refractivity (Wildman–Crippen MR) is 77.6 cm³/mol. The Kier molecular flexibility index (Phi) is 5.00. The van der Waals surface area contributed by atoms with Gasteiger partial charge in [0.25, 0.3) is 0 Å². The number of ether oxygens (including phenoxy) is 1. The maximum absolute atomic E-state index is 13.6. The van der Waals surface area contributed by atoms with Gasteiger partial charge in [0.15, 0.2) is 0 Å². The van der Waals surface area contributed by atoms with E-state index in [0.717, 1.165) is 16.8 Å². The third-order valence-corrected chi connectivity index (χ3v) is 5.97. The van der Waals surface area contributed by atoms with Gasteiger partial charge in [0.1, 0.15) is 11.9 Å². The van der Waals surface area contributed by atoms with Gasteiger partial charge in [-0.2, -0.15) is 4.31 Å². The average Bonchev–Trinajstić information content (AvgIpc) is 2.49. The molecule has 1 aliphatic rings. The standard InChI is InChI=1S/C13H15BrFNO4S/c1-20-13(17)12-4-2-3-7-16(12)21(18,19)9-5-6-10(14)11(15)8-9/h5-6,8,12H,2-4,7H2,1H3. The summed E-state index contributed by atoms with van der Waals surface area (Å²) in [6.07, 6.45) is 1.82. The summed E-state index contributed by atoms with van der Waals surface area (Å²) in [5.41, 5.74) is 0. The van der Waals surface area contributed by atoms with E-state index in [9.17, 15) is 17.6 Å². The molecule has 0 spiro atoms. The molecule has 1 aromatic carbocycles. The van der Waals surface area contributed by atoms with E-state index in [2.05, 4.69) is 20.7 Å². The van der Waals surface area contributed by atoms with Crippen LogP contribution in [0.15, 0.2) is 27.6 Å². The van der Waals surface area contributed by atoms with Crippen LogP contribution in [0.25, 0.3) is 0 Å². The number of hydrogen-bond donors (Lipinski definition) is 0. The molecule has 1 unspecified atom stereocenters. The number of carbonyl (C=O) groups is 1. The van der Waals surface area contributed by atoms with Crippen molar-refractivity contribution in [1.29, 1.82) is 0 Å². The van der Waals surface area contributed by atoms with Crippen molar-refractivity contribution in [3.8, 4) is 0 Å². The van der Waals surface area contributed by atoms with Crippen LogP contribution in [0.4, 0.5) is 4.39 Å². The van der Waals surface area contributed by atoms with Crippen LogP contribution in [0.5, 0.6) is 0 Å². The largest absolute Gasteiger partial charge is 0.468 e. The van der Waals surface area contributed by atoms with Crippen molar-refractivity contribution in [2.45, 2.75) is 30.2 Å². The highest BCUT2D eigenvalue weighted by molar-refractivity contribution is 9.10. The summed E-state index contributed by atoms with van der Waals surface area (Å²) in [5, 5.41) is 0. The molecule has 0 N–H and O–H groups in total. The van der Waals surface area contributed by atoms with Crippen molar-refractivity contribution >= 4 is 31.9 Å². The molecule has 1 atom stereocenters. The molecule has 0 amide bonds. The van der Waals surface area contributed by atoms with Gasteiger partial charge >= 0.3 is 5.97 Å². The molecule has 116 valence electrons. The first kappa shape index (κ1) is 16.4. The molecule has 1 aromatic rings. The molecule has 1 saturated heterocycles. The summed E-state index contributed by atoms with van der Waals surface area (Å²) in [4.78, 5) is 11.6. The number of esters is 1. The molecule has 0 aliphatic carbocycles. The predicted octanol–water partition coefficient (Wildman–Crippen LogP) is 2.30. The fourth-order valence-electron chi connectivity index (χ4n) is 2.34. The molecule has 2 rings (SSSR count). The van der Waals surface area contributed by atoms with E-state index in [1.165, 1.54) is 19.2 Å². The van der Waals surface area contributed by atoms with Gasteiger partial charge < -0.3 is 4.74 Å². The van der Waals surface area contributed by atoms with Crippen LogP contribution < -0.4 is 0 Å². The summed E-state index contributed by atoms with van der Waals surface area (Å²) < 4.78 is 44.8. The Morgan fingerprint density at radius 3 is 2.76 bits per heavy atom. The number of rotatable bonds is 3. The van der Waals surface area contributed by atoms with Gasteiger partial charge in [0, 0.05) is 6.54 Å². The van der Waals surface area contributed by atoms with Gasteiger partial charge in [-0.3, -0.25) is 4.79 Å². The number of hydrogen-bond acceptors (Lipinski definition) is 4. The van der Waals surface area contributed by atoms with Crippen LogP contribution in [-0.2, 0) is 19.6 Å². The first-order chi connectivity index (χ1) is 9.87. The van der Waals surface area contributed by atoms with Crippen LogP contribution in [-0.4, -0.2) is 38.4 Å². The molecule has 0 radical (unpaired) electrons. The second kappa shape index (κ2) is 6.41. The van der Waals surface area contributed by atoms with Gasteiger partial charge in [0.05, 0.1) is 16.5 Å². The van der Waals surface area contributed by atoms with E-state index in [1.54, 1.807) is 0 Å². The first-order valence-corrected chi connectivity index (χ1v) is 8.66. The molecular formula is C13H15BrFNO4S. The van der Waals surface area contributed by atoms with Gasteiger partial charge in [-0.25, -0.2) is 12.8 Å². The minimum atomic E-state index is -3.93. The number of benzene rings is 1. The number of sulfonamides is 1. The van der Waals surface area contributed by atoms with E-state index in [-0.39, 0.29) is 15.9 Å². The summed E-state index contributed by atoms with van der Waals surface area (Å²) in [5.74, 6) is -1.25. The van der Waals surface area contributed by atoms with Crippen LogP contribution >= 0.6 is 15.9 Å². The molecule has 0 saturated carbocycles. The van der Waals surface area contributed by atoms with Crippen LogP contribution in [0.1, 0.15) is 19.3 Å². The van der Waals surface area contributed by atoms with E-state index in [1.807, 2.05) is 0 Å². The van der Waals surface area contributed by atoms with Crippen LogP contribution in [0, 0.1) is 5.82 Å². The number of carbonyl (C=O) groups excluding carboxylic acids is 1. The topological polar surface area (TPSA) is 63.7 Å². The lowest BCUT2D eigenvalue weighted by atomic mass is 10.1. The summed E-state index contributed by atoms with van der Waals surface area (Å²) in [6.45, 7) is 0.222. The minimum Gasteiger partial charge on any atom is -0.468 e. The van der Waals surface area contributed by atoms with E-state index < -0.39 is 27.9 Å². The highest BCUT2D eigenvalue weighted by Crippen LogP contribution is 2.28. The molecule has 21 heavy (non-hydrogen) atoms. The normalized spacial score (nSPS) is 20.2. The Morgan fingerprint density at radius 1 is 1.43 bits per heavy atom. The van der Waals surface area contributed by atoms with Crippen molar-refractivity contribution in [2.24, 2.45) is 0 Å². The number of nitrogens with zero attached hydrogens (tertiary/aromatic N) is 1. The lowest BCUT2D eigenvalue weighted by molar-refractivity contribution is -0.146. The maximum Gasteiger partial charge on any atom is 0.324 e. The SMILES string of the molecule is COC(=O)C1CCCCN1S(=O)(=O)c1ccc(Br)c(F)c1. The van der Waals surface area contributed by atoms with Crippen molar-refractivity contribution < 1.29 is 22.3 Å². The average molecular weight is 380 g/mol. The van der Waals surface area contributed by atoms with Gasteiger partial charge in [-0.15, -0.1) is 0 Å². The zero-order valence-electron chi connectivity index (χ0n) is 11.4. The van der Waals surface area contributed by atoms with Crippen LogP contribution in [0.2, 0.25) is 0 Å². The van der Waals surface area contributed by atoms with Crippen molar-refractivity contribution in [3.05, 3.63) is 28.5 Å². The quantitative estimate of drug-likeness (QED) is 0.755. The highest BCUT2D eigenvalue weighted by Gasteiger charge is 2.38. The lowest BCUT2D eigenvalue weighted by Crippen LogP contribution is -2.48. The van der Waals surface area contributed by atoms with E-state index >= 15 is 0 Å². The summed E-state index contributed by atoms with van der Waals surface area (Å²) >= 11 is 2.98. The Bertz CT molecular complexity index is 650. The smallest absolute Gasteiger partial charge is 0.324 e. The Hall–Kier alpha value is -0.990. The zero-order chi connectivity index (χ0) is 15.6. The van der Waals surface area contributed by atoms with E-state index in [4.69, 9.17) is 0 Å². The minimum absolute atomic E-state index is 0.168. The number of halogens is 2. The molecule has 5 nitrogen and oxygen atoms in total. The maximum atomic E-state index is 13.6. The molecule has 8 heteroatoms. The third-order valence-electron chi connectivity index (χ3n) is 3.42. The van der Waals surface area contributed by atoms with Gasteiger partial charge in [-0.05, 0) is 53.4 Å². The molecular weight excluding hydrogens is 365 g/mol. The first-order valence-electron chi connectivity index (χ1n) is 6.42. The van der Waals surface area contributed by atoms with E-state index in [0.29, 0.717) is 12.8 Å². The van der Waals surface area contributed by atoms with Gasteiger partial charge in [0.2, 0.25) is 10.0 Å². The molecule has 1 heterocycles.